The van der Waals surface area contributed by atoms with Gasteiger partial charge >= 0.3 is 0 Å². The molecule has 0 amide bonds. The summed E-state index contributed by atoms with van der Waals surface area (Å²) in [5.41, 5.74) is 1.18. The van der Waals surface area contributed by atoms with Gasteiger partial charge in [0, 0.05) is 24.0 Å². The molecular weight excluding hydrogens is 322 g/mol. The fourth-order valence-electron chi connectivity index (χ4n) is 2.76. The predicted octanol–water partition coefficient (Wildman–Crippen LogP) is 2.57. The van der Waals surface area contributed by atoms with Crippen molar-refractivity contribution < 1.29 is 14.6 Å². The van der Waals surface area contributed by atoms with Crippen LogP contribution in [0, 0.1) is 0 Å². The second-order valence-electron chi connectivity index (χ2n) is 5.47. The van der Waals surface area contributed by atoms with Crippen molar-refractivity contribution in [1.82, 2.24) is 4.90 Å². The molecule has 0 aliphatic carbocycles. The number of halogens is 1. The first-order chi connectivity index (χ1) is 9.72. The van der Waals surface area contributed by atoms with Crippen LogP contribution in [0.3, 0.4) is 0 Å². The van der Waals surface area contributed by atoms with Crippen LogP contribution in [0.4, 0.5) is 0 Å². The summed E-state index contributed by atoms with van der Waals surface area (Å²) in [6, 6.07) is 4.06. The van der Waals surface area contributed by atoms with Crippen molar-refractivity contribution in [2.45, 2.75) is 31.9 Å². The Morgan fingerprint density at radius 2 is 1.95 bits per heavy atom. The fourth-order valence-corrected chi connectivity index (χ4v) is 3.21. The van der Waals surface area contributed by atoms with Crippen LogP contribution in [0.1, 0.15) is 24.8 Å². The molecule has 0 spiro atoms. The van der Waals surface area contributed by atoms with Gasteiger partial charge in [-0.3, -0.25) is 4.90 Å². The minimum Gasteiger partial charge on any atom is -0.490 e. The monoisotopic (exact) mass is 341 g/mol. The van der Waals surface area contributed by atoms with E-state index < -0.39 is 0 Å². The van der Waals surface area contributed by atoms with Gasteiger partial charge in [-0.15, -0.1) is 0 Å². The van der Waals surface area contributed by atoms with Crippen molar-refractivity contribution in [3.63, 3.8) is 0 Å². The summed E-state index contributed by atoms with van der Waals surface area (Å²) in [7, 11) is 0. The van der Waals surface area contributed by atoms with E-state index in [1.165, 1.54) is 5.56 Å². The van der Waals surface area contributed by atoms with Crippen LogP contribution in [0.2, 0.25) is 0 Å². The highest BCUT2D eigenvalue weighted by Crippen LogP contribution is 2.35. The number of piperidine rings is 1. The van der Waals surface area contributed by atoms with E-state index in [4.69, 9.17) is 9.47 Å². The van der Waals surface area contributed by atoms with Gasteiger partial charge in [0.25, 0.3) is 0 Å². The molecule has 0 aromatic heterocycles. The Morgan fingerprint density at radius 1 is 1.20 bits per heavy atom. The van der Waals surface area contributed by atoms with Crippen LogP contribution >= 0.6 is 15.9 Å². The molecule has 0 saturated carbocycles. The quantitative estimate of drug-likeness (QED) is 0.897. The third kappa shape index (κ3) is 3.27. The zero-order valence-electron chi connectivity index (χ0n) is 11.5. The molecule has 2 heterocycles. The first-order valence-electron chi connectivity index (χ1n) is 7.21. The summed E-state index contributed by atoms with van der Waals surface area (Å²) in [5.74, 6) is 1.65. The van der Waals surface area contributed by atoms with E-state index >= 15 is 0 Å². The number of likely N-dealkylation sites (tertiary alicyclic amines) is 1. The number of β-amino-alcohol motifs (C(OH)–C–C–N with tert-alkyl or cyclic N) is 1. The second-order valence-corrected chi connectivity index (χ2v) is 6.33. The van der Waals surface area contributed by atoms with Gasteiger partial charge in [0.2, 0.25) is 0 Å². The molecule has 1 aromatic carbocycles. The third-order valence-electron chi connectivity index (χ3n) is 3.79. The predicted molar refractivity (Wildman–Crippen MR) is 80.3 cm³/mol. The molecule has 5 heteroatoms. The Kier molecular flexibility index (Phi) is 4.48. The normalized spacial score (nSPS) is 23.4. The minimum atomic E-state index is -0.192. The van der Waals surface area contributed by atoms with Crippen LogP contribution in [-0.4, -0.2) is 42.4 Å². The van der Waals surface area contributed by atoms with Crippen molar-refractivity contribution in [1.29, 1.82) is 0 Å². The lowest BCUT2D eigenvalue weighted by atomic mass is 10.1. The Labute approximate surface area is 127 Å². The summed E-state index contributed by atoms with van der Waals surface area (Å²) >= 11 is 3.62. The molecule has 1 saturated heterocycles. The maximum atomic E-state index is 9.76. The number of rotatable bonds is 2. The number of ether oxygens (including phenoxy) is 2. The van der Waals surface area contributed by atoms with Gasteiger partial charge in [-0.05, 0) is 37.1 Å². The smallest absolute Gasteiger partial charge is 0.162 e. The first-order valence-corrected chi connectivity index (χ1v) is 8.00. The average molecular weight is 342 g/mol. The molecule has 0 unspecified atom stereocenters. The van der Waals surface area contributed by atoms with Crippen LogP contribution < -0.4 is 9.47 Å². The Balaban J connectivity index is 1.77. The molecule has 2 aliphatic heterocycles. The Hall–Kier alpha value is -0.780. The zero-order chi connectivity index (χ0) is 13.9. The van der Waals surface area contributed by atoms with Gasteiger partial charge in [-0.1, -0.05) is 15.9 Å². The lowest BCUT2D eigenvalue weighted by Crippen LogP contribution is -2.37. The standard InChI is InChI=1S/C15H20BrNO3/c16-13-8-15-14(19-5-2-6-20-15)7-11(13)9-17-4-1-3-12(18)10-17/h7-8,12,18H,1-6,9-10H2/t12-/m1/s1. The number of aliphatic hydroxyl groups is 1. The molecule has 0 radical (unpaired) electrons. The van der Waals surface area contributed by atoms with E-state index in [0.717, 1.165) is 54.9 Å². The van der Waals surface area contributed by atoms with Crippen LogP contribution in [0.15, 0.2) is 16.6 Å². The lowest BCUT2D eigenvalue weighted by Gasteiger charge is -2.30. The maximum Gasteiger partial charge on any atom is 0.162 e. The number of fused-ring (bicyclic) bond motifs is 1. The van der Waals surface area contributed by atoms with Crippen molar-refractivity contribution in [3.8, 4) is 11.5 Å². The van der Waals surface area contributed by atoms with E-state index in [1.54, 1.807) is 0 Å². The van der Waals surface area contributed by atoms with Gasteiger partial charge in [-0.25, -0.2) is 0 Å². The van der Waals surface area contributed by atoms with E-state index in [2.05, 4.69) is 26.9 Å². The molecule has 1 atom stereocenters. The van der Waals surface area contributed by atoms with Gasteiger partial charge < -0.3 is 14.6 Å². The topological polar surface area (TPSA) is 41.9 Å². The number of benzene rings is 1. The number of hydrogen-bond acceptors (Lipinski definition) is 4. The number of nitrogens with zero attached hydrogens (tertiary/aromatic N) is 1. The summed E-state index contributed by atoms with van der Waals surface area (Å²) in [5, 5.41) is 9.76. The van der Waals surface area contributed by atoms with Gasteiger partial charge in [0.1, 0.15) is 0 Å². The molecule has 1 N–H and O–H groups in total. The SMILES string of the molecule is O[C@@H]1CCCN(Cc2cc3c(cc2Br)OCCCO3)C1. The van der Waals surface area contributed by atoms with Crippen LogP contribution in [0.5, 0.6) is 11.5 Å². The minimum absolute atomic E-state index is 0.192. The highest BCUT2D eigenvalue weighted by atomic mass is 79.9. The molecule has 20 heavy (non-hydrogen) atoms. The Bertz CT molecular complexity index is 480. The van der Waals surface area contributed by atoms with Crippen molar-refractivity contribution in [2.75, 3.05) is 26.3 Å². The fraction of sp³-hybridized carbons (Fsp3) is 0.600. The summed E-state index contributed by atoms with van der Waals surface area (Å²) in [4.78, 5) is 2.29. The molecule has 3 rings (SSSR count). The maximum absolute atomic E-state index is 9.76. The average Bonchev–Trinajstić information content (AvgIpc) is 2.64. The number of hydrogen-bond donors (Lipinski definition) is 1. The largest absolute Gasteiger partial charge is 0.490 e. The van der Waals surface area contributed by atoms with Crippen LogP contribution in [0.25, 0.3) is 0 Å². The molecule has 110 valence electrons. The highest BCUT2D eigenvalue weighted by molar-refractivity contribution is 9.10. The highest BCUT2D eigenvalue weighted by Gasteiger charge is 2.20. The van der Waals surface area contributed by atoms with E-state index in [9.17, 15) is 5.11 Å². The second kappa shape index (κ2) is 6.33. The molecule has 1 aromatic rings. The Morgan fingerprint density at radius 3 is 2.70 bits per heavy atom. The van der Waals surface area contributed by atoms with E-state index in [-0.39, 0.29) is 6.10 Å². The van der Waals surface area contributed by atoms with E-state index in [0.29, 0.717) is 13.2 Å². The van der Waals surface area contributed by atoms with E-state index in [1.807, 2.05) is 6.07 Å². The molecule has 4 nitrogen and oxygen atoms in total. The molecular formula is C15H20BrNO3. The van der Waals surface area contributed by atoms with Crippen LogP contribution in [-0.2, 0) is 6.54 Å². The van der Waals surface area contributed by atoms with Crippen molar-refractivity contribution in [3.05, 3.63) is 22.2 Å². The molecule has 0 bridgehead atoms. The van der Waals surface area contributed by atoms with Gasteiger partial charge in [-0.2, -0.15) is 0 Å². The third-order valence-corrected chi connectivity index (χ3v) is 4.53. The zero-order valence-corrected chi connectivity index (χ0v) is 13.1. The number of aliphatic hydroxyl groups excluding tert-OH is 1. The van der Waals surface area contributed by atoms with Crippen molar-refractivity contribution >= 4 is 15.9 Å². The molecule has 1 fully saturated rings. The summed E-state index contributed by atoms with van der Waals surface area (Å²) in [6.45, 7) is 4.03. The lowest BCUT2D eigenvalue weighted by molar-refractivity contribution is 0.0667. The first kappa shape index (κ1) is 14.2. The van der Waals surface area contributed by atoms with Gasteiger partial charge in [0.15, 0.2) is 11.5 Å². The van der Waals surface area contributed by atoms with Gasteiger partial charge in [0.05, 0.1) is 19.3 Å². The molecule has 2 aliphatic rings. The summed E-state index contributed by atoms with van der Waals surface area (Å²) in [6.07, 6.45) is 2.70. The van der Waals surface area contributed by atoms with Crippen molar-refractivity contribution in [2.24, 2.45) is 0 Å². The summed E-state index contributed by atoms with van der Waals surface area (Å²) < 4.78 is 12.5.